The SMILES string of the molecule is CN(C)c1c(F)c(Cl)c(Br)c2cnn(C3CCCCO3)c12. The Labute approximate surface area is 135 Å². The number of rotatable bonds is 2. The highest BCUT2D eigenvalue weighted by molar-refractivity contribution is 9.10. The molecule has 1 aromatic heterocycles. The number of nitrogens with zero attached hydrogens (tertiary/aromatic N) is 3. The molecule has 0 N–H and O–H groups in total. The lowest BCUT2D eigenvalue weighted by Crippen LogP contribution is -2.21. The number of aromatic nitrogens is 2. The van der Waals surface area contributed by atoms with Crippen molar-refractivity contribution in [3.05, 3.63) is 21.5 Å². The van der Waals surface area contributed by atoms with Gasteiger partial charge >= 0.3 is 0 Å². The number of anilines is 1. The highest BCUT2D eigenvalue weighted by Crippen LogP contribution is 2.42. The Morgan fingerprint density at radius 2 is 2.24 bits per heavy atom. The second kappa shape index (κ2) is 5.74. The largest absolute Gasteiger partial charge is 0.373 e. The average molecular weight is 377 g/mol. The minimum Gasteiger partial charge on any atom is -0.373 e. The molecule has 0 spiro atoms. The number of fused-ring (bicyclic) bond motifs is 1. The normalized spacial score (nSPS) is 19.2. The predicted molar refractivity (Wildman–Crippen MR) is 85.6 cm³/mol. The van der Waals surface area contributed by atoms with Gasteiger partial charge in [0.2, 0.25) is 0 Å². The monoisotopic (exact) mass is 375 g/mol. The van der Waals surface area contributed by atoms with E-state index in [1.165, 1.54) is 0 Å². The molecular weight excluding hydrogens is 361 g/mol. The van der Waals surface area contributed by atoms with Crippen molar-refractivity contribution in [1.82, 2.24) is 9.78 Å². The molecule has 1 atom stereocenters. The first-order valence-electron chi connectivity index (χ1n) is 6.85. The van der Waals surface area contributed by atoms with Crippen molar-refractivity contribution in [2.24, 2.45) is 0 Å². The van der Waals surface area contributed by atoms with E-state index in [1.807, 2.05) is 0 Å². The Kier molecular flexibility index (Phi) is 4.12. The van der Waals surface area contributed by atoms with E-state index >= 15 is 0 Å². The van der Waals surface area contributed by atoms with Gasteiger partial charge in [-0.05, 0) is 35.2 Å². The number of benzene rings is 1. The van der Waals surface area contributed by atoms with Crippen molar-refractivity contribution >= 4 is 44.1 Å². The van der Waals surface area contributed by atoms with Crippen LogP contribution in [0.25, 0.3) is 10.9 Å². The van der Waals surface area contributed by atoms with Crippen molar-refractivity contribution in [3.8, 4) is 0 Å². The molecule has 7 heteroatoms. The van der Waals surface area contributed by atoms with E-state index in [1.54, 1.807) is 29.9 Å². The molecule has 1 fully saturated rings. The van der Waals surface area contributed by atoms with Crippen LogP contribution in [0.4, 0.5) is 10.1 Å². The number of halogens is 3. The molecule has 0 saturated carbocycles. The summed E-state index contributed by atoms with van der Waals surface area (Å²) < 4.78 is 22.7. The quantitative estimate of drug-likeness (QED) is 0.730. The molecule has 4 nitrogen and oxygen atoms in total. The molecular formula is C14H16BrClFN3O. The minimum atomic E-state index is -0.446. The van der Waals surface area contributed by atoms with Gasteiger partial charge in [0.15, 0.2) is 12.0 Å². The van der Waals surface area contributed by atoms with Gasteiger partial charge in [0.25, 0.3) is 0 Å². The molecule has 1 aliphatic heterocycles. The highest BCUT2D eigenvalue weighted by Gasteiger charge is 2.26. The van der Waals surface area contributed by atoms with Crippen LogP contribution < -0.4 is 4.90 Å². The fourth-order valence-electron chi connectivity index (χ4n) is 2.72. The Balaban J connectivity index is 2.27. The third-order valence-electron chi connectivity index (χ3n) is 3.73. The van der Waals surface area contributed by atoms with E-state index in [0.717, 1.165) is 24.6 Å². The molecule has 0 amide bonds. The van der Waals surface area contributed by atoms with Crippen LogP contribution in [0.5, 0.6) is 0 Å². The Morgan fingerprint density at radius 3 is 2.86 bits per heavy atom. The van der Waals surface area contributed by atoms with E-state index in [2.05, 4.69) is 21.0 Å². The summed E-state index contributed by atoms with van der Waals surface area (Å²) in [7, 11) is 3.59. The van der Waals surface area contributed by atoms with E-state index in [0.29, 0.717) is 22.3 Å². The van der Waals surface area contributed by atoms with Gasteiger partial charge in [-0.2, -0.15) is 5.10 Å². The van der Waals surface area contributed by atoms with Crippen LogP contribution in [-0.4, -0.2) is 30.5 Å². The zero-order valence-electron chi connectivity index (χ0n) is 11.9. The molecule has 1 unspecified atom stereocenters. The van der Waals surface area contributed by atoms with Crippen molar-refractivity contribution in [2.45, 2.75) is 25.5 Å². The maximum Gasteiger partial charge on any atom is 0.168 e. The Hall–Kier alpha value is -0.850. The predicted octanol–water partition coefficient (Wildman–Crippen LogP) is 4.36. The van der Waals surface area contributed by atoms with Crippen molar-refractivity contribution in [1.29, 1.82) is 0 Å². The molecule has 1 aromatic carbocycles. The van der Waals surface area contributed by atoms with Crippen LogP contribution in [-0.2, 0) is 4.74 Å². The number of hydrogen-bond acceptors (Lipinski definition) is 3. The smallest absolute Gasteiger partial charge is 0.168 e. The highest BCUT2D eigenvalue weighted by atomic mass is 79.9. The molecule has 114 valence electrons. The first kappa shape index (κ1) is 15.1. The second-order valence-corrected chi connectivity index (χ2v) is 6.53. The maximum atomic E-state index is 14.6. The Bertz CT molecular complexity index is 683. The molecule has 0 bridgehead atoms. The lowest BCUT2D eigenvalue weighted by molar-refractivity contribution is -0.0366. The number of hydrogen-bond donors (Lipinski definition) is 0. The summed E-state index contributed by atoms with van der Waals surface area (Å²) in [6.07, 6.45) is 4.57. The van der Waals surface area contributed by atoms with Crippen LogP contribution in [0.1, 0.15) is 25.5 Å². The summed E-state index contributed by atoms with van der Waals surface area (Å²) >= 11 is 9.45. The van der Waals surface area contributed by atoms with Gasteiger partial charge in [-0.3, -0.25) is 0 Å². The number of ether oxygens (including phenoxy) is 1. The minimum absolute atomic E-state index is 0.0790. The van der Waals surface area contributed by atoms with E-state index in [-0.39, 0.29) is 11.3 Å². The van der Waals surface area contributed by atoms with Gasteiger partial charge in [0.1, 0.15) is 5.69 Å². The summed E-state index contributed by atoms with van der Waals surface area (Å²) in [6, 6.07) is 0. The Morgan fingerprint density at radius 1 is 1.48 bits per heavy atom. The lowest BCUT2D eigenvalue weighted by Gasteiger charge is -2.25. The van der Waals surface area contributed by atoms with Gasteiger partial charge in [0, 0.05) is 26.1 Å². The molecule has 0 radical (unpaired) electrons. The summed E-state index contributed by atoms with van der Waals surface area (Å²) in [5.41, 5.74) is 1.14. The molecule has 2 heterocycles. The van der Waals surface area contributed by atoms with Gasteiger partial charge < -0.3 is 9.64 Å². The summed E-state index contributed by atoms with van der Waals surface area (Å²) in [4.78, 5) is 1.72. The maximum absolute atomic E-state index is 14.6. The van der Waals surface area contributed by atoms with Gasteiger partial charge in [-0.1, -0.05) is 11.6 Å². The molecule has 2 aromatic rings. The van der Waals surface area contributed by atoms with Crippen molar-refractivity contribution in [2.75, 3.05) is 25.6 Å². The average Bonchev–Trinajstić information content (AvgIpc) is 2.90. The van der Waals surface area contributed by atoms with Crippen LogP contribution >= 0.6 is 27.5 Å². The van der Waals surface area contributed by atoms with Crippen LogP contribution in [0.3, 0.4) is 0 Å². The fourth-order valence-corrected chi connectivity index (χ4v) is 3.38. The van der Waals surface area contributed by atoms with E-state index in [4.69, 9.17) is 16.3 Å². The zero-order valence-corrected chi connectivity index (χ0v) is 14.2. The summed E-state index contributed by atoms with van der Waals surface area (Å²) in [5, 5.41) is 5.28. The van der Waals surface area contributed by atoms with Crippen molar-refractivity contribution in [3.63, 3.8) is 0 Å². The zero-order chi connectivity index (χ0) is 15.1. The molecule has 21 heavy (non-hydrogen) atoms. The van der Waals surface area contributed by atoms with E-state index < -0.39 is 5.82 Å². The van der Waals surface area contributed by atoms with E-state index in [9.17, 15) is 4.39 Å². The molecule has 3 rings (SSSR count). The van der Waals surface area contributed by atoms with Gasteiger partial charge in [-0.25, -0.2) is 9.07 Å². The van der Waals surface area contributed by atoms with Gasteiger partial charge in [0.05, 0.1) is 21.2 Å². The molecule has 1 aliphatic rings. The van der Waals surface area contributed by atoms with Crippen LogP contribution in [0, 0.1) is 5.82 Å². The molecule has 0 aliphatic carbocycles. The first-order valence-corrected chi connectivity index (χ1v) is 8.02. The summed E-state index contributed by atoms with van der Waals surface area (Å²) in [5.74, 6) is -0.446. The molecule has 1 saturated heterocycles. The standard InChI is InChI=1S/C14H16BrClFN3O/c1-19(2)14-12(17)11(16)10(15)8-7-18-20(13(8)14)9-5-3-4-6-21-9/h7,9H,3-6H2,1-2H3. The van der Waals surface area contributed by atoms with Crippen LogP contribution in [0.2, 0.25) is 5.02 Å². The lowest BCUT2D eigenvalue weighted by atomic mass is 10.1. The van der Waals surface area contributed by atoms with Crippen LogP contribution in [0.15, 0.2) is 10.7 Å². The second-order valence-electron chi connectivity index (χ2n) is 5.36. The van der Waals surface area contributed by atoms with Gasteiger partial charge in [-0.15, -0.1) is 0 Å². The third kappa shape index (κ3) is 2.43. The topological polar surface area (TPSA) is 30.3 Å². The first-order chi connectivity index (χ1) is 10.0. The summed E-state index contributed by atoms with van der Waals surface area (Å²) in [6.45, 7) is 0.709. The van der Waals surface area contributed by atoms with Crippen molar-refractivity contribution < 1.29 is 9.13 Å². The third-order valence-corrected chi connectivity index (χ3v) is 5.13. The fraction of sp³-hybridized carbons (Fsp3) is 0.500.